The number of nitrogens with two attached hydrogens (primary N) is 2. The lowest BCUT2D eigenvalue weighted by atomic mass is 10.2. The van der Waals surface area contributed by atoms with Crippen LogP contribution in [0.15, 0.2) is 0 Å². The first-order valence-electron chi connectivity index (χ1n) is 4.73. The quantitative estimate of drug-likeness (QED) is 0.257. The molecule has 0 aliphatic carbocycles. The summed E-state index contributed by atoms with van der Waals surface area (Å²) >= 11 is 0. The molecule has 14 heavy (non-hydrogen) atoms. The second-order valence-corrected chi connectivity index (χ2v) is 4.05. The maximum absolute atomic E-state index is 7.31. The second-order valence-electron chi connectivity index (χ2n) is 3.36. The SMILES string of the molecule is CC1CN1C(CN)CCN.O[SiH](O)O. The first-order chi connectivity index (χ1) is 6.52. The molecule has 0 radical (unpaired) electrons. The lowest BCUT2D eigenvalue weighted by Crippen LogP contribution is -2.31. The van der Waals surface area contributed by atoms with Crippen LogP contribution in [0.4, 0.5) is 0 Å². The molecule has 0 aromatic rings. The summed E-state index contributed by atoms with van der Waals surface area (Å²) < 4.78 is 0. The molecule has 1 aliphatic rings. The van der Waals surface area contributed by atoms with Crippen molar-refractivity contribution >= 4 is 9.53 Å². The molecule has 1 rings (SSSR count). The molecule has 86 valence electrons. The highest BCUT2D eigenvalue weighted by atomic mass is 28.3. The van der Waals surface area contributed by atoms with Crippen LogP contribution in [0.2, 0.25) is 0 Å². The number of hydrogen-bond donors (Lipinski definition) is 5. The van der Waals surface area contributed by atoms with Crippen LogP contribution < -0.4 is 11.5 Å². The van der Waals surface area contributed by atoms with Crippen molar-refractivity contribution in [1.29, 1.82) is 0 Å². The highest BCUT2D eigenvalue weighted by Gasteiger charge is 2.34. The number of rotatable bonds is 4. The summed E-state index contributed by atoms with van der Waals surface area (Å²) in [5.41, 5.74) is 11.0. The van der Waals surface area contributed by atoms with Gasteiger partial charge in [0, 0.05) is 25.2 Å². The first-order valence-corrected chi connectivity index (χ1v) is 6.28. The largest absolute Gasteiger partial charge is 0.475 e. The zero-order valence-corrected chi connectivity index (χ0v) is 9.66. The summed E-state index contributed by atoms with van der Waals surface area (Å²) in [6.45, 7) is 4.94. The molecule has 1 aliphatic heterocycles. The Balaban J connectivity index is 0.000000364. The fourth-order valence-corrected chi connectivity index (χ4v) is 1.38. The van der Waals surface area contributed by atoms with Gasteiger partial charge in [-0.05, 0) is 19.9 Å². The fraction of sp³-hybridized carbons (Fsp3) is 1.00. The Bertz CT molecular complexity index is 147. The Morgan fingerprint density at radius 2 is 1.86 bits per heavy atom. The van der Waals surface area contributed by atoms with Gasteiger partial charge in [0.1, 0.15) is 0 Å². The monoisotopic (exact) mass is 223 g/mol. The molecule has 0 aromatic heterocycles. The third-order valence-corrected chi connectivity index (χ3v) is 2.15. The lowest BCUT2D eigenvalue weighted by Gasteiger charge is -2.14. The van der Waals surface area contributed by atoms with Gasteiger partial charge in [-0.25, -0.2) is 0 Å². The van der Waals surface area contributed by atoms with E-state index in [9.17, 15) is 0 Å². The summed E-state index contributed by atoms with van der Waals surface area (Å²) in [6, 6.07) is 1.29. The Hall–Kier alpha value is -0.0231. The maximum atomic E-state index is 7.31. The molecular formula is C7H21N3O3Si. The van der Waals surface area contributed by atoms with Gasteiger partial charge in [-0.2, -0.15) is 0 Å². The van der Waals surface area contributed by atoms with E-state index in [1.807, 2.05) is 0 Å². The summed E-state index contributed by atoms with van der Waals surface area (Å²) in [6.07, 6.45) is 1.04. The summed E-state index contributed by atoms with van der Waals surface area (Å²) in [5.74, 6) is 0. The van der Waals surface area contributed by atoms with E-state index in [1.165, 1.54) is 6.54 Å². The minimum atomic E-state index is -3.14. The Morgan fingerprint density at radius 1 is 1.43 bits per heavy atom. The van der Waals surface area contributed by atoms with E-state index in [0.717, 1.165) is 25.6 Å². The van der Waals surface area contributed by atoms with Crippen LogP contribution in [-0.2, 0) is 0 Å². The molecule has 3 atom stereocenters. The van der Waals surface area contributed by atoms with Crippen LogP contribution in [0.1, 0.15) is 13.3 Å². The molecule has 1 fully saturated rings. The minimum absolute atomic E-state index is 0.542. The van der Waals surface area contributed by atoms with E-state index in [2.05, 4.69) is 11.8 Å². The lowest BCUT2D eigenvalue weighted by molar-refractivity contribution is 0.278. The average Bonchev–Trinajstić information content (AvgIpc) is 2.77. The Labute approximate surface area is 86.1 Å². The summed E-state index contributed by atoms with van der Waals surface area (Å²) in [7, 11) is -3.14. The van der Waals surface area contributed by atoms with Gasteiger partial charge >= 0.3 is 9.53 Å². The molecule has 0 spiro atoms. The van der Waals surface area contributed by atoms with E-state index in [1.54, 1.807) is 0 Å². The third kappa shape index (κ3) is 6.43. The normalized spacial score (nSPS) is 26.8. The Morgan fingerprint density at radius 3 is 2.07 bits per heavy atom. The molecule has 0 bridgehead atoms. The molecule has 6 nitrogen and oxygen atoms in total. The van der Waals surface area contributed by atoms with Gasteiger partial charge in [0.25, 0.3) is 0 Å². The van der Waals surface area contributed by atoms with Crippen LogP contribution in [0.3, 0.4) is 0 Å². The van der Waals surface area contributed by atoms with Crippen LogP contribution in [0, 0.1) is 0 Å². The van der Waals surface area contributed by atoms with E-state index in [0.29, 0.717) is 6.04 Å². The molecular weight excluding hydrogens is 202 g/mol. The van der Waals surface area contributed by atoms with Crippen LogP contribution in [-0.4, -0.2) is 60.5 Å². The second kappa shape index (κ2) is 7.29. The van der Waals surface area contributed by atoms with Crippen molar-refractivity contribution in [3.8, 4) is 0 Å². The zero-order valence-electron chi connectivity index (χ0n) is 8.50. The van der Waals surface area contributed by atoms with Crippen molar-refractivity contribution in [2.75, 3.05) is 19.6 Å². The average molecular weight is 223 g/mol. The molecule has 0 saturated carbocycles. The van der Waals surface area contributed by atoms with E-state index < -0.39 is 9.53 Å². The summed E-state index contributed by atoms with van der Waals surface area (Å²) in [4.78, 5) is 24.3. The van der Waals surface area contributed by atoms with Gasteiger partial charge < -0.3 is 25.9 Å². The highest BCUT2D eigenvalue weighted by molar-refractivity contribution is 6.30. The van der Waals surface area contributed by atoms with Crippen LogP contribution >= 0.6 is 0 Å². The van der Waals surface area contributed by atoms with Gasteiger partial charge in [-0.1, -0.05) is 0 Å². The van der Waals surface area contributed by atoms with Gasteiger partial charge in [0.05, 0.1) is 0 Å². The molecule has 1 saturated heterocycles. The Kier molecular flexibility index (Phi) is 7.28. The summed E-state index contributed by atoms with van der Waals surface area (Å²) in [5, 5.41) is 0. The van der Waals surface area contributed by atoms with Gasteiger partial charge in [0.15, 0.2) is 0 Å². The molecule has 7 heteroatoms. The molecule has 3 unspecified atom stereocenters. The molecule has 7 N–H and O–H groups in total. The van der Waals surface area contributed by atoms with Crippen molar-refractivity contribution in [2.24, 2.45) is 11.5 Å². The van der Waals surface area contributed by atoms with Crippen molar-refractivity contribution in [3.05, 3.63) is 0 Å². The number of hydrogen-bond acceptors (Lipinski definition) is 6. The minimum Gasteiger partial charge on any atom is -0.392 e. The van der Waals surface area contributed by atoms with E-state index in [-0.39, 0.29) is 0 Å². The maximum Gasteiger partial charge on any atom is 0.475 e. The van der Waals surface area contributed by atoms with Crippen molar-refractivity contribution in [2.45, 2.75) is 25.4 Å². The fourth-order valence-electron chi connectivity index (χ4n) is 1.38. The van der Waals surface area contributed by atoms with Crippen molar-refractivity contribution in [1.82, 2.24) is 4.90 Å². The smallest absolute Gasteiger partial charge is 0.392 e. The molecule has 1 heterocycles. The predicted molar refractivity (Wildman–Crippen MR) is 56.5 cm³/mol. The highest BCUT2D eigenvalue weighted by Crippen LogP contribution is 2.21. The molecule has 0 aromatic carbocycles. The van der Waals surface area contributed by atoms with Crippen LogP contribution in [0.25, 0.3) is 0 Å². The first kappa shape index (κ1) is 14.0. The zero-order chi connectivity index (χ0) is 11.1. The number of nitrogens with zero attached hydrogens (tertiary/aromatic N) is 1. The van der Waals surface area contributed by atoms with Gasteiger partial charge in [0.2, 0.25) is 0 Å². The van der Waals surface area contributed by atoms with Gasteiger partial charge in [-0.3, -0.25) is 4.90 Å². The predicted octanol–water partition coefficient (Wildman–Crippen LogP) is -2.95. The molecule has 0 amide bonds. The standard InChI is InChI=1S/C7H17N3.H4O3Si/c1-6-5-10(6)7(4-9)2-3-8;1-4(2)3/h6-7H,2-5,8-9H2,1H3;1-4H. The third-order valence-electron chi connectivity index (χ3n) is 2.15. The topological polar surface area (TPSA) is 116 Å². The van der Waals surface area contributed by atoms with Crippen molar-refractivity contribution < 1.29 is 14.4 Å². The van der Waals surface area contributed by atoms with Gasteiger partial charge in [-0.15, -0.1) is 0 Å². The van der Waals surface area contributed by atoms with Crippen molar-refractivity contribution in [3.63, 3.8) is 0 Å². The van der Waals surface area contributed by atoms with E-state index in [4.69, 9.17) is 25.9 Å². The van der Waals surface area contributed by atoms with E-state index >= 15 is 0 Å². The van der Waals surface area contributed by atoms with Crippen LogP contribution in [0.5, 0.6) is 0 Å².